The minimum atomic E-state index is -0.159. The van der Waals surface area contributed by atoms with Crippen molar-refractivity contribution in [1.29, 1.82) is 0 Å². The van der Waals surface area contributed by atoms with Gasteiger partial charge in [0.2, 0.25) is 5.91 Å². The minimum absolute atomic E-state index is 0.0209. The molecule has 2 aromatic heterocycles. The quantitative estimate of drug-likeness (QED) is 0.325. The SMILES string of the molecule is COc1ccc(-n2c(SCC(=O)N3CCN(C(=O)c4ccco4)CC3)nnc2-c2ccc(Cl)cc2)cc1. The van der Waals surface area contributed by atoms with Gasteiger partial charge < -0.3 is 19.0 Å². The van der Waals surface area contributed by atoms with Crippen molar-refractivity contribution in [2.24, 2.45) is 0 Å². The number of carbonyl (C=O) groups excluding carboxylic acids is 2. The number of nitrogens with zero attached hydrogens (tertiary/aromatic N) is 5. The molecule has 0 aliphatic carbocycles. The third kappa shape index (κ3) is 5.50. The second-order valence-corrected chi connectivity index (χ2v) is 9.66. The molecule has 0 bridgehead atoms. The molecule has 0 spiro atoms. The van der Waals surface area contributed by atoms with E-state index in [0.717, 1.165) is 17.0 Å². The fourth-order valence-electron chi connectivity index (χ4n) is 4.05. The molecular formula is C26H24ClN5O4S. The fourth-order valence-corrected chi connectivity index (χ4v) is 5.03. The first-order valence-corrected chi connectivity index (χ1v) is 13.0. The molecule has 0 atom stereocenters. The molecule has 0 saturated carbocycles. The lowest BCUT2D eigenvalue weighted by atomic mass is 10.2. The summed E-state index contributed by atoms with van der Waals surface area (Å²) in [5.41, 5.74) is 1.69. The van der Waals surface area contributed by atoms with Crippen LogP contribution >= 0.6 is 23.4 Å². The Hall–Kier alpha value is -3.76. The van der Waals surface area contributed by atoms with Crippen LogP contribution in [0.4, 0.5) is 0 Å². The predicted octanol–water partition coefficient (Wildman–Crippen LogP) is 4.27. The number of aromatic nitrogens is 3. The van der Waals surface area contributed by atoms with Crippen molar-refractivity contribution in [2.75, 3.05) is 39.0 Å². The maximum absolute atomic E-state index is 13.0. The van der Waals surface area contributed by atoms with Crippen LogP contribution in [0.15, 0.2) is 76.5 Å². The van der Waals surface area contributed by atoms with Crippen LogP contribution in [0.1, 0.15) is 10.6 Å². The fraction of sp³-hybridized carbons (Fsp3) is 0.231. The number of ether oxygens (including phenoxy) is 1. The lowest BCUT2D eigenvalue weighted by Gasteiger charge is -2.34. The predicted molar refractivity (Wildman–Crippen MR) is 140 cm³/mol. The summed E-state index contributed by atoms with van der Waals surface area (Å²) in [4.78, 5) is 29.0. The molecule has 5 rings (SSSR count). The molecule has 3 heterocycles. The van der Waals surface area contributed by atoms with Crippen molar-refractivity contribution >= 4 is 35.2 Å². The Bertz CT molecular complexity index is 1370. The van der Waals surface area contributed by atoms with Gasteiger partial charge in [0.05, 0.1) is 19.1 Å². The molecule has 2 amide bonds. The van der Waals surface area contributed by atoms with Crippen LogP contribution in [0.3, 0.4) is 0 Å². The summed E-state index contributed by atoms with van der Waals surface area (Å²) < 4.78 is 12.4. The summed E-state index contributed by atoms with van der Waals surface area (Å²) in [5.74, 6) is 1.70. The van der Waals surface area contributed by atoms with Gasteiger partial charge in [-0.15, -0.1) is 10.2 Å². The van der Waals surface area contributed by atoms with Gasteiger partial charge in [-0.25, -0.2) is 0 Å². The average Bonchev–Trinajstić information content (AvgIpc) is 3.63. The first-order chi connectivity index (χ1) is 18.0. The highest BCUT2D eigenvalue weighted by molar-refractivity contribution is 7.99. The number of methoxy groups -OCH3 is 1. The Morgan fingerprint density at radius 3 is 2.32 bits per heavy atom. The van der Waals surface area contributed by atoms with E-state index in [1.807, 2.05) is 41.0 Å². The van der Waals surface area contributed by atoms with Crippen molar-refractivity contribution in [2.45, 2.75) is 5.16 Å². The number of carbonyl (C=O) groups is 2. The number of rotatable bonds is 7. The van der Waals surface area contributed by atoms with Gasteiger partial charge >= 0.3 is 0 Å². The zero-order chi connectivity index (χ0) is 25.8. The topological polar surface area (TPSA) is 93.7 Å². The van der Waals surface area contributed by atoms with Crippen LogP contribution in [-0.4, -0.2) is 75.4 Å². The largest absolute Gasteiger partial charge is 0.497 e. The Morgan fingerprint density at radius 1 is 0.973 bits per heavy atom. The van der Waals surface area contributed by atoms with Crippen molar-refractivity contribution < 1.29 is 18.7 Å². The van der Waals surface area contributed by atoms with E-state index < -0.39 is 0 Å². The van der Waals surface area contributed by atoms with Crippen LogP contribution in [-0.2, 0) is 4.79 Å². The number of benzene rings is 2. The van der Waals surface area contributed by atoms with E-state index in [4.69, 9.17) is 20.8 Å². The smallest absolute Gasteiger partial charge is 0.289 e. The Morgan fingerprint density at radius 2 is 1.68 bits per heavy atom. The number of piperazine rings is 1. The van der Waals surface area contributed by atoms with E-state index >= 15 is 0 Å². The highest BCUT2D eigenvalue weighted by atomic mass is 35.5. The van der Waals surface area contributed by atoms with E-state index in [9.17, 15) is 9.59 Å². The van der Waals surface area contributed by atoms with Crippen molar-refractivity contribution in [3.8, 4) is 22.8 Å². The first-order valence-electron chi connectivity index (χ1n) is 11.6. The molecule has 9 nitrogen and oxygen atoms in total. The van der Waals surface area contributed by atoms with E-state index in [0.29, 0.717) is 47.9 Å². The molecule has 190 valence electrons. The molecule has 1 aliphatic rings. The van der Waals surface area contributed by atoms with Crippen LogP contribution < -0.4 is 4.74 Å². The van der Waals surface area contributed by atoms with Crippen LogP contribution in [0.2, 0.25) is 5.02 Å². The molecular weight excluding hydrogens is 514 g/mol. The van der Waals surface area contributed by atoms with Gasteiger partial charge in [0.25, 0.3) is 5.91 Å². The number of furan rings is 1. The number of amides is 2. The van der Waals surface area contributed by atoms with Gasteiger partial charge in [0, 0.05) is 42.5 Å². The summed E-state index contributed by atoms with van der Waals surface area (Å²) >= 11 is 7.40. The van der Waals surface area contributed by atoms with Crippen LogP contribution in [0.5, 0.6) is 5.75 Å². The summed E-state index contributed by atoms with van der Waals surface area (Å²) in [7, 11) is 1.62. The molecule has 1 aliphatic heterocycles. The van der Waals surface area contributed by atoms with Crippen molar-refractivity contribution in [3.63, 3.8) is 0 Å². The normalized spacial score (nSPS) is 13.6. The molecule has 37 heavy (non-hydrogen) atoms. The zero-order valence-electron chi connectivity index (χ0n) is 20.0. The average molecular weight is 538 g/mol. The number of hydrogen-bond donors (Lipinski definition) is 0. The third-order valence-electron chi connectivity index (χ3n) is 6.04. The van der Waals surface area contributed by atoms with E-state index in [2.05, 4.69) is 10.2 Å². The summed E-state index contributed by atoms with van der Waals surface area (Å²) in [5, 5.41) is 10.0. The number of hydrogen-bond acceptors (Lipinski definition) is 7. The summed E-state index contributed by atoms with van der Waals surface area (Å²) in [6, 6.07) is 18.3. The van der Waals surface area contributed by atoms with Crippen LogP contribution in [0.25, 0.3) is 17.1 Å². The van der Waals surface area contributed by atoms with Gasteiger partial charge in [-0.2, -0.15) is 0 Å². The second kappa shape index (κ2) is 11.1. The van der Waals surface area contributed by atoms with Gasteiger partial charge in [0.15, 0.2) is 16.7 Å². The third-order valence-corrected chi connectivity index (χ3v) is 7.21. The minimum Gasteiger partial charge on any atom is -0.497 e. The van der Waals surface area contributed by atoms with Gasteiger partial charge in [-0.3, -0.25) is 14.2 Å². The van der Waals surface area contributed by atoms with Gasteiger partial charge in [0.1, 0.15) is 5.75 Å². The lowest BCUT2D eigenvalue weighted by Crippen LogP contribution is -2.51. The summed E-state index contributed by atoms with van der Waals surface area (Å²) in [6.07, 6.45) is 1.48. The summed E-state index contributed by atoms with van der Waals surface area (Å²) in [6.45, 7) is 1.84. The first kappa shape index (κ1) is 24.9. The van der Waals surface area contributed by atoms with Crippen LogP contribution in [0, 0.1) is 0 Å². The maximum atomic E-state index is 13.0. The van der Waals surface area contributed by atoms with E-state index in [1.165, 1.54) is 18.0 Å². The molecule has 2 aromatic carbocycles. The molecule has 4 aromatic rings. The van der Waals surface area contributed by atoms with Crippen molar-refractivity contribution in [3.05, 3.63) is 77.7 Å². The lowest BCUT2D eigenvalue weighted by molar-refractivity contribution is -0.129. The number of halogens is 1. The highest BCUT2D eigenvalue weighted by Crippen LogP contribution is 2.30. The van der Waals surface area contributed by atoms with Gasteiger partial charge in [-0.1, -0.05) is 23.4 Å². The molecule has 0 radical (unpaired) electrons. The van der Waals surface area contributed by atoms with E-state index in [1.54, 1.807) is 41.2 Å². The maximum Gasteiger partial charge on any atom is 0.289 e. The van der Waals surface area contributed by atoms with Crippen molar-refractivity contribution in [1.82, 2.24) is 24.6 Å². The molecule has 0 N–H and O–H groups in total. The van der Waals surface area contributed by atoms with E-state index in [-0.39, 0.29) is 17.6 Å². The Balaban J connectivity index is 1.29. The van der Waals surface area contributed by atoms with Gasteiger partial charge in [-0.05, 0) is 60.7 Å². The monoisotopic (exact) mass is 537 g/mol. The molecule has 1 saturated heterocycles. The Kier molecular flexibility index (Phi) is 7.47. The number of thioether (sulfide) groups is 1. The standard InChI is InChI=1S/C26H24ClN5O4S/c1-35-21-10-8-20(9-11-21)32-24(18-4-6-19(27)7-5-18)28-29-26(32)37-17-23(33)30-12-14-31(15-13-30)25(34)22-3-2-16-36-22/h2-11,16H,12-15,17H2,1H3. The zero-order valence-corrected chi connectivity index (χ0v) is 21.6. The highest BCUT2D eigenvalue weighted by Gasteiger charge is 2.26. The molecule has 1 fully saturated rings. The molecule has 11 heteroatoms. The molecule has 0 unspecified atom stereocenters. The second-order valence-electron chi connectivity index (χ2n) is 8.29. The Labute approximate surface area is 223 Å².